The predicted molar refractivity (Wildman–Crippen MR) is 168 cm³/mol. The zero-order chi connectivity index (χ0) is 33.2. The second-order valence-corrected chi connectivity index (χ2v) is 11.5. The molecule has 0 saturated carbocycles. The molecule has 0 spiro atoms. The Morgan fingerprint density at radius 1 is 0.891 bits per heavy atom. The first-order valence-corrected chi connectivity index (χ1v) is 14.9. The zero-order valence-electron chi connectivity index (χ0n) is 25.6. The summed E-state index contributed by atoms with van der Waals surface area (Å²) >= 11 is 0. The number of hydrogen-bond donors (Lipinski definition) is 1. The number of piperazine rings is 1. The number of benzene rings is 3. The van der Waals surface area contributed by atoms with Gasteiger partial charge in [0.1, 0.15) is 11.5 Å². The molecule has 0 unspecified atom stereocenters. The van der Waals surface area contributed by atoms with Crippen molar-refractivity contribution in [3.8, 4) is 0 Å². The van der Waals surface area contributed by atoms with Crippen molar-refractivity contribution in [3.05, 3.63) is 133 Å². The van der Waals surface area contributed by atoms with Crippen LogP contribution in [0.2, 0.25) is 0 Å². The topological polar surface area (TPSA) is 93.6 Å². The van der Waals surface area contributed by atoms with Crippen LogP contribution in [0.3, 0.4) is 0 Å². The van der Waals surface area contributed by atoms with Crippen molar-refractivity contribution in [1.29, 1.82) is 0 Å². The van der Waals surface area contributed by atoms with Crippen LogP contribution in [0, 0.1) is 12.7 Å². The average Bonchev–Trinajstić information content (AvgIpc) is 3.02. The number of nitrogens with zero attached hydrogens (tertiary/aromatic N) is 4. The quantitative estimate of drug-likeness (QED) is 0.211. The van der Waals surface area contributed by atoms with E-state index in [-0.39, 0.29) is 23.7 Å². The number of ketones is 1. The highest BCUT2D eigenvalue weighted by Gasteiger charge is 2.35. The molecule has 1 aliphatic heterocycles. The van der Waals surface area contributed by atoms with Crippen LogP contribution in [-0.2, 0) is 25.8 Å². The van der Waals surface area contributed by atoms with Crippen molar-refractivity contribution in [3.63, 3.8) is 0 Å². The Morgan fingerprint density at radius 2 is 1.57 bits per heavy atom. The van der Waals surface area contributed by atoms with Crippen molar-refractivity contribution in [1.82, 2.24) is 14.0 Å². The summed E-state index contributed by atoms with van der Waals surface area (Å²) in [6, 6.07) is 18.1. The number of halogens is 4. The van der Waals surface area contributed by atoms with Crippen LogP contribution in [0.1, 0.15) is 51.3 Å². The summed E-state index contributed by atoms with van der Waals surface area (Å²) in [4.78, 5) is 43.6. The van der Waals surface area contributed by atoms with E-state index in [2.05, 4.69) is 4.90 Å². The maximum atomic E-state index is 14.9. The van der Waals surface area contributed by atoms with Crippen LogP contribution in [0.4, 0.5) is 23.2 Å². The molecule has 5 rings (SSSR count). The molecule has 46 heavy (non-hydrogen) atoms. The third-order valence-corrected chi connectivity index (χ3v) is 8.43. The average molecular weight is 638 g/mol. The van der Waals surface area contributed by atoms with E-state index >= 15 is 0 Å². The number of rotatable bonds is 9. The standard InChI is InChI=1S/C34H35F4N5O3/c1-22-31(41-16-14-40(15-17-41)19-24-8-6-11-26(18-24)23(2)44)32(45)43(21-30(39)25-9-4-3-5-10-25)33(46)42(22)20-27-28(34(36,37)38)12-7-13-29(27)35/h3-13,18,30H,14-17,19-21,39H2,1-2H3/t30-/m0/s1. The number of hydrogen-bond acceptors (Lipinski definition) is 6. The lowest BCUT2D eigenvalue weighted by atomic mass is 10.1. The molecule has 1 aliphatic rings. The van der Waals surface area contributed by atoms with E-state index in [0.29, 0.717) is 43.9 Å². The highest BCUT2D eigenvalue weighted by Crippen LogP contribution is 2.33. The fourth-order valence-electron chi connectivity index (χ4n) is 5.92. The molecule has 0 amide bonds. The molecule has 1 atom stereocenters. The third-order valence-electron chi connectivity index (χ3n) is 8.43. The van der Waals surface area contributed by atoms with Gasteiger partial charge in [-0.1, -0.05) is 54.6 Å². The molecular weight excluding hydrogens is 602 g/mol. The molecule has 1 fully saturated rings. The molecule has 3 aromatic carbocycles. The predicted octanol–water partition coefficient (Wildman–Crippen LogP) is 4.75. The smallest absolute Gasteiger partial charge is 0.363 e. The lowest BCUT2D eigenvalue weighted by Gasteiger charge is -2.37. The first-order chi connectivity index (χ1) is 21.8. The molecule has 2 heterocycles. The second kappa shape index (κ2) is 13.4. The van der Waals surface area contributed by atoms with Gasteiger partial charge in [0, 0.05) is 55.6 Å². The van der Waals surface area contributed by atoms with Gasteiger partial charge in [0.2, 0.25) is 0 Å². The maximum Gasteiger partial charge on any atom is 0.416 e. The van der Waals surface area contributed by atoms with Gasteiger partial charge in [-0.3, -0.25) is 23.6 Å². The SMILES string of the molecule is CC(=O)c1cccc(CN2CCN(c3c(C)n(Cc4c(F)cccc4C(F)(F)F)c(=O)n(C[C@H](N)c4ccccc4)c3=O)CC2)c1. The minimum absolute atomic E-state index is 0.0294. The molecular formula is C34H35F4N5O3. The monoisotopic (exact) mass is 637 g/mol. The fourth-order valence-corrected chi connectivity index (χ4v) is 5.92. The number of carbonyl (C=O) groups excluding carboxylic acids is 1. The van der Waals surface area contributed by atoms with Crippen molar-refractivity contribution < 1.29 is 22.4 Å². The number of nitrogens with two attached hydrogens (primary N) is 1. The summed E-state index contributed by atoms with van der Waals surface area (Å²) < 4.78 is 58.6. The van der Waals surface area contributed by atoms with Crippen LogP contribution in [0.5, 0.6) is 0 Å². The second-order valence-electron chi connectivity index (χ2n) is 11.5. The first kappa shape index (κ1) is 32.8. The number of carbonyl (C=O) groups is 1. The minimum Gasteiger partial charge on any atom is -0.363 e. The Balaban J connectivity index is 1.52. The number of Topliss-reactive ketones (excluding diaryl/α,β-unsaturated/α-hetero) is 1. The Labute approximate surface area is 263 Å². The number of aromatic nitrogens is 2. The van der Waals surface area contributed by atoms with Crippen molar-refractivity contribution in [2.24, 2.45) is 5.73 Å². The van der Waals surface area contributed by atoms with E-state index in [0.717, 1.165) is 32.9 Å². The highest BCUT2D eigenvalue weighted by atomic mass is 19.4. The van der Waals surface area contributed by atoms with Crippen LogP contribution in [0.15, 0.2) is 82.4 Å². The molecule has 1 saturated heterocycles. The van der Waals surface area contributed by atoms with Crippen LogP contribution < -0.4 is 21.9 Å². The minimum atomic E-state index is -4.86. The molecule has 1 aromatic heterocycles. The van der Waals surface area contributed by atoms with E-state index in [4.69, 9.17) is 5.73 Å². The third kappa shape index (κ3) is 6.97. The lowest BCUT2D eigenvalue weighted by Crippen LogP contribution is -2.51. The Hall–Kier alpha value is -4.55. The lowest BCUT2D eigenvalue weighted by molar-refractivity contribution is -0.138. The summed E-state index contributed by atoms with van der Waals surface area (Å²) in [5.74, 6) is -1.14. The van der Waals surface area contributed by atoms with Gasteiger partial charge in [0.25, 0.3) is 5.56 Å². The van der Waals surface area contributed by atoms with E-state index in [1.165, 1.54) is 13.8 Å². The molecule has 8 nitrogen and oxygen atoms in total. The van der Waals surface area contributed by atoms with Gasteiger partial charge in [-0.15, -0.1) is 0 Å². The summed E-state index contributed by atoms with van der Waals surface area (Å²) in [7, 11) is 0. The molecule has 12 heteroatoms. The normalized spacial score (nSPS) is 14.8. The summed E-state index contributed by atoms with van der Waals surface area (Å²) in [6.07, 6.45) is -4.86. The van der Waals surface area contributed by atoms with Gasteiger partial charge in [-0.25, -0.2) is 9.18 Å². The van der Waals surface area contributed by atoms with Crippen LogP contribution >= 0.6 is 0 Å². The van der Waals surface area contributed by atoms with Gasteiger partial charge in [0.05, 0.1) is 18.7 Å². The number of anilines is 1. The molecule has 0 aliphatic carbocycles. The van der Waals surface area contributed by atoms with E-state index in [1.54, 1.807) is 36.4 Å². The van der Waals surface area contributed by atoms with Crippen LogP contribution in [0.25, 0.3) is 0 Å². The fraction of sp³-hybridized carbons (Fsp3) is 0.324. The molecule has 2 N–H and O–H groups in total. The molecule has 0 radical (unpaired) electrons. The van der Waals surface area contributed by atoms with Crippen molar-refractivity contribution >= 4 is 11.5 Å². The molecule has 4 aromatic rings. The van der Waals surface area contributed by atoms with Gasteiger partial charge in [-0.2, -0.15) is 13.2 Å². The Kier molecular flexibility index (Phi) is 9.59. The highest BCUT2D eigenvalue weighted by molar-refractivity contribution is 5.94. The Bertz CT molecular complexity index is 1840. The van der Waals surface area contributed by atoms with E-state index in [1.807, 2.05) is 23.1 Å². The van der Waals surface area contributed by atoms with Crippen molar-refractivity contribution in [2.45, 2.75) is 45.7 Å². The van der Waals surface area contributed by atoms with Gasteiger partial charge in [0.15, 0.2) is 5.78 Å². The molecule has 0 bridgehead atoms. The Morgan fingerprint density at radius 3 is 2.22 bits per heavy atom. The van der Waals surface area contributed by atoms with E-state index in [9.17, 15) is 31.9 Å². The summed E-state index contributed by atoms with van der Waals surface area (Å²) in [5.41, 5.74) is 5.57. The summed E-state index contributed by atoms with van der Waals surface area (Å²) in [5, 5.41) is 0. The van der Waals surface area contributed by atoms with Crippen LogP contribution in [-0.4, -0.2) is 46.0 Å². The summed E-state index contributed by atoms with van der Waals surface area (Å²) in [6.45, 7) is 4.48. The van der Waals surface area contributed by atoms with Gasteiger partial charge < -0.3 is 10.6 Å². The zero-order valence-corrected chi connectivity index (χ0v) is 25.6. The van der Waals surface area contributed by atoms with Gasteiger partial charge in [-0.05, 0) is 43.2 Å². The van der Waals surface area contributed by atoms with E-state index < -0.39 is 47.0 Å². The number of alkyl halides is 3. The first-order valence-electron chi connectivity index (χ1n) is 14.9. The van der Waals surface area contributed by atoms with Crippen molar-refractivity contribution in [2.75, 3.05) is 31.1 Å². The molecule has 242 valence electrons. The largest absolute Gasteiger partial charge is 0.416 e. The maximum absolute atomic E-state index is 14.9. The van der Waals surface area contributed by atoms with Gasteiger partial charge >= 0.3 is 11.9 Å².